The van der Waals surface area contributed by atoms with Gasteiger partial charge in [-0.1, -0.05) is 32.0 Å². The fourth-order valence-electron chi connectivity index (χ4n) is 3.82. The summed E-state index contributed by atoms with van der Waals surface area (Å²) in [4.78, 5) is 7.83. The van der Waals surface area contributed by atoms with Crippen LogP contribution in [-0.2, 0) is 5.41 Å². The normalized spacial score (nSPS) is 29.2. The summed E-state index contributed by atoms with van der Waals surface area (Å²) in [6.07, 6.45) is 2.79. The second kappa shape index (κ2) is 4.85. The van der Waals surface area contributed by atoms with Crippen LogP contribution in [0.2, 0.25) is 0 Å². The number of fused-ring (bicyclic) bond motifs is 3. The van der Waals surface area contributed by atoms with E-state index in [9.17, 15) is 0 Å². The quantitative estimate of drug-likeness (QED) is 0.765. The first kappa shape index (κ1) is 9.87. The summed E-state index contributed by atoms with van der Waals surface area (Å²) in [5.74, 6) is 0. The molecule has 2 aliphatic rings. The highest BCUT2D eigenvalue weighted by Gasteiger charge is 2.41. The number of aryl methyl sites for hydroxylation is 2. The highest BCUT2D eigenvalue weighted by Crippen LogP contribution is 2.53. The van der Waals surface area contributed by atoms with Gasteiger partial charge in [0.15, 0.2) is 0 Å². The van der Waals surface area contributed by atoms with Crippen molar-refractivity contribution in [1.82, 2.24) is 9.88 Å². The van der Waals surface area contributed by atoms with Crippen LogP contribution in [0.1, 0.15) is 51.4 Å². The molecule has 24 heavy (non-hydrogen) atoms. The number of rotatable bonds is 1. The van der Waals surface area contributed by atoms with Gasteiger partial charge >= 0.3 is 0 Å². The zero-order valence-electron chi connectivity index (χ0n) is 20.4. The predicted octanol–water partition coefficient (Wildman–Crippen LogP) is 4.57. The van der Waals surface area contributed by atoms with E-state index in [-0.39, 0.29) is 0 Å². The molecule has 1 aliphatic carbocycles. The van der Waals surface area contributed by atoms with Crippen molar-refractivity contribution >= 4 is 5.69 Å². The van der Waals surface area contributed by atoms with E-state index in [1.807, 2.05) is 49.9 Å². The van der Waals surface area contributed by atoms with Crippen LogP contribution in [0.4, 0.5) is 5.69 Å². The minimum absolute atomic E-state index is 0.484. The minimum atomic E-state index is -2.34. The molecule has 1 aliphatic heterocycles. The van der Waals surface area contributed by atoms with Gasteiger partial charge in [0, 0.05) is 44.3 Å². The first-order valence-electron chi connectivity index (χ1n) is 11.2. The molecular weight excluding hydrogens is 294 g/mol. The maximum Gasteiger partial charge on any atom is 0.102 e. The molecule has 0 N–H and O–H groups in total. The van der Waals surface area contributed by atoms with Gasteiger partial charge in [0.05, 0.1) is 11.4 Å². The Hall–Kier alpha value is -2.29. The van der Waals surface area contributed by atoms with Crippen LogP contribution >= 0.6 is 0 Å². The van der Waals surface area contributed by atoms with Gasteiger partial charge in [-0.2, -0.15) is 0 Å². The molecule has 0 radical (unpaired) electrons. The van der Waals surface area contributed by atoms with Gasteiger partial charge < -0.3 is 9.80 Å². The smallest absolute Gasteiger partial charge is 0.102 e. The van der Waals surface area contributed by atoms with Gasteiger partial charge in [0.2, 0.25) is 0 Å². The minimum Gasteiger partial charge on any atom is -0.359 e. The Labute approximate surface area is 153 Å². The van der Waals surface area contributed by atoms with Crippen LogP contribution in [0.15, 0.2) is 36.7 Å². The lowest BCUT2D eigenvalue weighted by atomic mass is 9.82. The zero-order valence-corrected chi connectivity index (χ0v) is 14.4. The Kier molecular flexibility index (Phi) is 2.00. The lowest BCUT2D eigenvalue weighted by Gasteiger charge is -2.33. The van der Waals surface area contributed by atoms with Crippen LogP contribution in [-0.4, -0.2) is 23.0 Å². The van der Waals surface area contributed by atoms with E-state index in [4.69, 9.17) is 8.22 Å². The standard InChI is InChI=1S/C21H25N3/c1-13-7-9-16-17-10-8-14(2)22-20(17)21(4,5)18(16)19(13)24-12-11-23(6)15(24)3/h7-12,15H,1-6H3/t15-/m0/s1/i4D3,6D3/t15-,21?. The summed E-state index contributed by atoms with van der Waals surface area (Å²) in [5.41, 5.74) is 3.95. The molecule has 2 aromatic rings. The fraction of sp³-hybridized carbons (Fsp3) is 0.381. The summed E-state index contributed by atoms with van der Waals surface area (Å²) >= 11 is 0. The maximum atomic E-state index is 8.44. The van der Waals surface area contributed by atoms with Gasteiger partial charge in [-0.3, -0.25) is 4.98 Å². The molecule has 0 saturated carbocycles. The van der Waals surface area contributed by atoms with Gasteiger partial charge in [-0.05, 0) is 43.5 Å². The number of hydrogen-bond donors (Lipinski definition) is 0. The van der Waals surface area contributed by atoms with Crippen LogP contribution < -0.4 is 4.90 Å². The zero-order chi connectivity index (χ0) is 22.2. The average Bonchev–Trinajstić information content (AvgIpc) is 3.12. The molecule has 2 heterocycles. The summed E-state index contributed by atoms with van der Waals surface area (Å²) in [7, 11) is 0. The molecule has 2 atom stereocenters. The third-order valence-electron chi connectivity index (χ3n) is 5.13. The van der Waals surface area contributed by atoms with Crippen molar-refractivity contribution in [2.45, 2.75) is 46.1 Å². The first-order chi connectivity index (χ1) is 13.8. The monoisotopic (exact) mass is 325 g/mol. The molecule has 0 saturated heterocycles. The highest BCUT2D eigenvalue weighted by atomic mass is 15.4. The SMILES string of the molecule is [2H]C([2H])([2H])N1C=CN(c2c(C)ccc3c2C(C)(C([2H])([2H])[2H])c2nc(C)ccc2-3)[C@H]1C. The second-order valence-electron chi connectivity index (χ2n) is 6.87. The first-order valence-corrected chi connectivity index (χ1v) is 8.16. The highest BCUT2D eigenvalue weighted by molar-refractivity contribution is 5.87. The second-order valence-corrected chi connectivity index (χ2v) is 6.87. The van der Waals surface area contributed by atoms with Gasteiger partial charge in [-0.15, -0.1) is 0 Å². The number of benzene rings is 1. The number of anilines is 1. The molecule has 1 unspecified atom stereocenters. The van der Waals surface area contributed by atoms with Crippen molar-refractivity contribution in [1.29, 1.82) is 0 Å². The van der Waals surface area contributed by atoms with Crippen molar-refractivity contribution in [3.8, 4) is 11.1 Å². The van der Waals surface area contributed by atoms with Gasteiger partial charge in [0.25, 0.3) is 0 Å². The fourth-order valence-corrected chi connectivity index (χ4v) is 3.82. The molecule has 4 rings (SSSR count). The third kappa shape index (κ3) is 1.87. The molecule has 3 nitrogen and oxygen atoms in total. The Balaban J connectivity index is 2.00. The number of pyridine rings is 1. The van der Waals surface area contributed by atoms with E-state index >= 15 is 0 Å². The van der Waals surface area contributed by atoms with E-state index < -0.39 is 25.4 Å². The summed E-state index contributed by atoms with van der Waals surface area (Å²) in [6, 6.07) is 7.74. The third-order valence-corrected chi connectivity index (χ3v) is 5.13. The Bertz CT molecular complexity index is 1060. The molecule has 0 spiro atoms. The molecule has 0 bridgehead atoms. The molecule has 0 amide bonds. The Morgan fingerprint density at radius 1 is 1.12 bits per heavy atom. The molecule has 1 aromatic heterocycles. The largest absolute Gasteiger partial charge is 0.359 e. The Morgan fingerprint density at radius 2 is 1.92 bits per heavy atom. The van der Waals surface area contributed by atoms with Gasteiger partial charge in [-0.25, -0.2) is 0 Å². The van der Waals surface area contributed by atoms with Crippen LogP contribution in [0, 0.1) is 13.8 Å². The average molecular weight is 325 g/mol. The van der Waals surface area contributed by atoms with Crippen LogP contribution in [0.3, 0.4) is 0 Å². The molecule has 0 fully saturated rings. The predicted molar refractivity (Wildman–Crippen MR) is 100 cm³/mol. The van der Waals surface area contributed by atoms with E-state index in [1.54, 1.807) is 19.3 Å². The number of hydrogen-bond acceptors (Lipinski definition) is 3. The van der Waals surface area contributed by atoms with Gasteiger partial charge in [0.1, 0.15) is 6.17 Å². The van der Waals surface area contributed by atoms with E-state index in [2.05, 4.69) is 4.98 Å². The molecule has 3 heteroatoms. The molecule has 124 valence electrons. The summed E-state index contributed by atoms with van der Waals surface area (Å²) < 4.78 is 48.7. The molecule has 1 aromatic carbocycles. The summed E-state index contributed by atoms with van der Waals surface area (Å²) in [6.45, 7) is 2.69. The van der Waals surface area contributed by atoms with E-state index in [0.29, 0.717) is 11.3 Å². The summed E-state index contributed by atoms with van der Waals surface area (Å²) in [5, 5.41) is 0. The van der Waals surface area contributed by atoms with Crippen molar-refractivity contribution < 1.29 is 8.22 Å². The number of nitrogens with zero attached hydrogens (tertiary/aromatic N) is 3. The van der Waals surface area contributed by atoms with Crippen LogP contribution in [0.5, 0.6) is 0 Å². The van der Waals surface area contributed by atoms with Crippen molar-refractivity contribution in [2.75, 3.05) is 11.9 Å². The topological polar surface area (TPSA) is 19.4 Å². The lowest BCUT2D eigenvalue weighted by molar-refractivity contribution is 0.382. The Morgan fingerprint density at radius 3 is 2.62 bits per heavy atom. The van der Waals surface area contributed by atoms with Crippen molar-refractivity contribution in [3.63, 3.8) is 0 Å². The maximum absolute atomic E-state index is 8.44. The van der Waals surface area contributed by atoms with Crippen molar-refractivity contribution in [2.24, 2.45) is 0 Å². The molecular formula is C21H25N3. The van der Waals surface area contributed by atoms with E-state index in [1.165, 1.54) is 4.90 Å². The van der Waals surface area contributed by atoms with E-state index in [0.717, 1.165) is 28.1 Å². The lowest BCUT2D eigenvalue weighted by Crippen LogP contribution is -2.35. The van der Waals surface area contributed by atoms with Crippen molar-refractivity contribution in [3.05, 3.63) is 59.2 Å². The number of aromatic nitrogens is 1. The van der Waals surface area contributed by atoms with Crippen LogP contribution in [0.25, 0.3) is 11.1 Å².